The lowest BCUT2D eigenvalue weighted by Gasteiger charge is -2.15. The highest BCUT2D eigenvalue weighted by Crippen LogP contribution is 2.41. The predicted molar refractivity (Wildman–Crippen MR) is 95.4 cm³/mol. The predicted octanol–water partition coefficient (Wildman–Crippen LogP) is 2.94. The molecule has 0 saturated carbocycles. The van der Waals surface area contributed by atoms with E-state index < -0.39 is 23.6 Å². The number of benzene rings is 1. The van der Waals surface area contributed by atoms with Gasteiger partial charge in [0.2, 0.25) is 0 Å². The van der Waals surface area contributed by atoms with E-state index >= 15 is 0 Å². The lowest BCUT2D eigenvalue weighted by molar-refractivity contribution is -0.119. The van der Waals surface area contributed by atoms with E-state index in [9.17, 15) is 13.6 Å². The van der Waals surface area contributed by atoms with Crippen LogP contribution in [0, 0.1) is 11.6 Å². The normalized spacial score (nSPS) is 20.2. The SMILES string of the molecule is C[C@@H]1N=C(c2c(F)cccc2F)c2c(sc3c2COCCC3)N(N)C1=O. The fourth-order valence-corrected chi connectivity index (χ4v) is 4.58. The van der Waals surface area contributed by atoms with Crippen molar-refractivity contribution in [2.75, 3.05) is 11.6 Å². The van der Waals surface area contributed by atoms with E-state index in [4.69, 9.17) is 10.6 Å². The molecule has 1 amide bonds. The van der Waals surface area contributed by atoms with Gasteiger partial charge in [-0.05, 0) is 31.9 Å². The number of hydrazine groups is 1. The molecule has 0 unspecified atom stereocenters. The van der Waals surface area contributed by atoms with Gasteiger partial charge in [-0.3, -0.25) is 9.79 Å². The minimum atomic E-state index is -0.851. The number of hydrogen-bond acceptors (Lipinski definition) is 5. The van der Waals surface area contributed by atoms with Crippen molar-refractivity contribution in [1.82, 2.24) is 0 Å². The maximum absolute atomic E-state index is 14.5. The van der Waals surface area contributed by atoms with Crippen LogP contribution in [0.3, 0.4) is 0 Å². The average molecular weight is 377 g/mol. The summed E-state index contributed by atoms with van der Waals surface area (Å²) >= 11 is 1.36. The highest BCUT2D eigenvalue weighted by molar-refractivity contribution is 7.17. The van der Waals surface area contributed by atoms with E-state index in [1.54, 1.807) is 6.92 Å². The molecule has 0 radical (unpaired) electrons. The third kappa shape index (κ3) is 2.65. The lowest BCUT2D eigenvalue weighted by atomic mass is 9.97. The van der Waals surface area contributed by atoms with Gasteiger partial charge in [0.15, 0.2) is 0 Å². The maximum atomic E-state index is 14.5. The van der Waals surface area contributed by atoms with Crippen LogP contribution >= 0.6 is 11.3 Å². The number of amides is 1. The molecule has 26 heavy (non-hydrogen) atoms. The zero-order valence-electron chi connectivity index (χ0n) is 14.1. The summed E-state index contributed by atoms with van der Waals surface area (Å²) in [6.45, 7) is 2.47. The van der Waals surface area contributed by atoms with Gasteiger partial charge in [0.1, 0.15) is 22.7 Å². The first kappa shape index (κ1) is 17.3. The highest BCUT2D eigenvalue weighted by atomic mass is 32.1. The molecule has 1 aromatic heterocycles. The van der Waals surface area contributed by atoms with Crippen LogP contribution in [0.15, 0.2) is 23.2 Å². The van der Waals surface area contributed by atoms with Crippen molar-refractivity contribution >= 4 is 28.0 Å². The molecule has 3 heterocycles. The molecule has 0 aliphatic carbocycles. The average Bonchev–Trinajstić information content (AvgIpc) is 2.75. The Morgan fingerprint density at radius 2 is 2.04 bits per heavy atom. The molecule has 2 aliphatic heterocycles. The number of halogens is 2. The monoisotopic (exact) mass is 377 g/mol. The standard InChI is InChI=1S/C18H17F2N3O2S/c1-9-17(24)23(21)18-14(10-8-25-7-3-6-13(10)26-18)16(22-9)15-11(19)4-2-5-12(15)20/h2,4-5,9H,3,6-8,21H2,1H3/t9-/m0/s1. The van der Waals surface area contributed by atoms with E-state index in [0.717, 1.165) is 28.3 Å². The third-order valence-electron chi connectivity index (χ3n) is 4.58. The van der Waals surface area contributed by atoms with Crippen LogP contribution < -0.4 is 10.9 Å². The Hall–Kier alpha value is -2.16. The highest BCUT2D eigenvalue weighted by Gasteiger charge is 2.35. The van der Waals surface area contributed by atoms with Gasteiger partial charge < -0.3 is 4.74 Å². The van der Waals surface area contributed by atoms with Gasteiger partial charge in [0.25, 0.3) is 5.91 Å². The molecule has 1 aromatic carbocycles. The number of carbonyl (C=O) groups is 1. The van der Waals surface area contributed by atoms with Gasteiger partial charge in [0.05, 0.1) is 17.9 Å². The second-order valence-corrected chi connectivity index (χ2v) is 7.38. The quantitative estimate of drug-likeness (QED) is 0.614. The molecule has 8 heteroatoms. The van der Waals surface area contributed by atoms with Crippen molar-refractivity contribution < 1.29 is 18.3 Å². The van der Waals surface area contributed by atoms with E-state index in [2.05, 4.69) is 4.99 Å². The summed E-state index contributed by atoms with van der Waals surface area (Å²) in [6, 6.07) is 2.81. The Balaban J connectivity index is 2.03. The van der Waals surface area contributed by atoms with Crippen molar-refractivity contribution in [1.29, 1.82) is 0 Å². The van der Waals surface area contributed by atoms with E-state index in [1.165, 1.54) is 29.5 Å². The number of aryl methyl sites for hydroxylation is 1. The van der Waals surface area contributed by atoms with Crippen molar-refractivity contribution in [3.63, 3.8) is 0 Å². The van der Waals surface area contributed by atoms with Crippen LogP contribution in [0.5, 0.6) is 0 Å². The van der Waals surface area contributed by atoms with Gasteiger partial charge in [-0.1, -0.05) is 6.07 Å². The number of rotatable bonds is 1. The number of ether oxygens (including phenoxy) is 1. The Kier molecular flexibility index (Phi) is 4.34. The molecule has 4 rings (SSSR count). The molecule has 0 spiro atoms. The smallest absolute Gasteiger partial charge is 0.266 e. The number of aliphatic imine (C=N–C) groups is 1. The number of nitrogens with two attached hydrogens (primary N) is 1. The van der Waals surface area contributed by atoms with Gasteiger partial charge >= 0.3 is 0 Å². The molecular weight excluding hydrogens is 360 g/mol. The number of hydrogen-bond donors (Lipinski definition) is 1. The first-order valence-electron chi connectivity index (χ1n) is 8.32. The molecule has 5 nitrogen and oxygen atoms in total. The summed E-state index contributed by atoms with van der Waals surface area (Å²) in [5.41, 5.74) is 1.18. The van der Waals surface area contributed by atoms with E-state index in [-0.39, 0.29) is 11.3 Å². The lowest BCUT2D eigenvalue weighted by Crippen LogP contribution is -2.41. The Morgan fingerprint density at radius 3 is 2.77 bits per heavy atom. The number of fused-ring (bicyclic) bond motifs is 3. The summed E-state index contributed by atoms with van der Waals surface area (Å²) in [7, 11) is 0. The minimum Gasteiger partial charge on any atom is -0.377 e. The fraction of sp³-hybridized carbons (Fsp3) is 0.333. The zero-order chi connectivity index (χ0) is 18.4. The summed E-state index contributed by atoms with van der Waals surface area (Å²) in [4.78, 5) is 17.9. The molecule has 0 saturated heterocycles. The topological polar surface area (TPSA) is 67.9 Å². The van der Waals surface area contributed by atoms with Crippen LogP contribution in [0.25, 0.3) is 0 Å². The van der Waals surface area contributed by atoms with Crippen LogP contribution in [-0.4, -0.2) is 24.3 Å². The van der Waals surface area contributed by atoms with Gasteiger partial charge in [0, 0.05) is 22.6 Å². The van der Waals surface area contributed by atoms with Gasteiger partial charge in [-0.25, -0.2) is 19.6 Å². The maximum Gasteiger partial charge on any atom is 0.266 e. The Labute approximate surface area is 153 Å². The van der Waals surface area contributed by atoms with Crippen LogP contribution in [0.1, 0.15) is 34.9 Å². The molecule has 2 N–H and O–H groups in total. The summed E-state index contributed by atoms with van der Waals surface area (Å²) in [5.74, 6) is 4.16. The summed E-state index contributed by atoms with van der Waals surface area (Å²) in [5, 5.41) is 1.50. The summed E-state index contributed by atoms with van der Waals surface area (Å²) < 4.78 is 34.7. The second-order valence-electron chi connectivity index (χ2n) is 6.30. The Morgan fingerprint density at radius 1 is 1.31 bits per heavy atom. The van der Waals surface area contributed by atoms with Crippen LogP contribution in [0.2, 0.25) is 0 Å². The first-order valence-corrected chi connectivity index (χ1v) is 9.14. The molecule has 2 aliphatic rings. The fourth-order valence-electron chi connectivity index (χ4n) is 3.30. The molecule has 136 valence electrons. The van der Waals surface area contributed by atoms with Gasteiger partial charge in [-0.15, -0.1) is 11.3 Å². The van der Waals surface area contributed by atoms with Crippen molar-refractivity contribution in [2.24, 2.45) is 10.8 Å². The molecule has 2 aromatic rings. The van der Waals surface area contributed by atoms with Crippen molar-refractivity contribution in [3.8, 4) is 0 Å². The van der Waals surface area contributed by atoms with E-state index in [0.29, 0.717) is 23.8 Å². The molecule has 1 atom stereocenters. The molecule has 0 bridgehead atoms. The number of anilines is 1. The zero-order valence-corrected chi connectivity index (χ0v) is 14.9. The number of carbonyl (C=O) groups excluding carboxylic acids is 1. The van der Waals surface area contributed by atoms with Gasteiger partial charge in [-0.2, -0.15) is 0 Å². The third-order valence-corrected chi connectivity index (χ3v) is 5.87. The minimum absolute atomic E-state index is 0.118. The van der Waals surface area contributed by atoms with Crippen LogP contribution in [0.4, 0.5) is 13.8 Å². The van der Waals surface area contributed by atoms with Crippen LogP contribution in [-0.2, 0) is 22.6 Å². The number of thiophene rings is 1. The van der Waals surface area contributed by atoms with E-state index in [1.807, 2.05) is 0 Å². The first-order chi connectivity index (χ1) is 12.5. The molecule has 0 fully saturated rings. The molecular formula is C18H17F2N3O2S. The summed E-state index contributed by atoms with van der Waals surface area (Å²) in [6.07, 6.45) is 1.60. The number of nitrogens with zero attached hydrogens (tertiary/aromatic N) is 2. The largest absolute Gasteiger partial charge is 0.377 e. The van der Waals surface area contributed by atoms with Crippen molar-refractivity contribution in [2.45, 2.75) is 32.4 Å². The second kappa shape index (κ2) is 6.53. The van der Waals surface area contributed by atoms with Crippen molar-refractivity contribution in [3.05, 3.63) is 51.4 Å². The Bertz CT molecular complexity index is 905.